The van der Waals surface area contributed by atoms with Gasteiger partial charge in [-0.3, -0.25) is 4.79 Å². The van der Waals surface area contributed by atoms with Gasteiger partial charge in [-0.15, -0.1) is 0 Å². The Morgan fingerprint density at radius 2 is 2.00 bits per heavy atom. The topological polar surface area (TPSA) is 122 Å². The van der Waals surface area contributed by atoms with Crippen LogP contribution in [0.1, 0.15) is 51.5 Å². The first-order chi connectivity index (χ1) is 16.2. The number of rotatable bonds is 7. The van der Waals surface area contributed by atoms with Gasteiger partial charge >= 0.3 is 6.09 Å². The van der Waals surface area contributed by atoms with Gasteiger partial charge in [-0.25, -0.2) is 9.69 Å². The van der Waals surface area contributed by atoms with Gasteiger partial charge in [0.2, 0.25) is 11.9 Å². The van der Waals surface area contributed by atoms with Gasteiger partial charge in [0.25, 0.3) is 5.56 Å². The zero-order chi connectivity index (χ0) is 24.6. The number of amides is 1. The molecule has 1 aliphatic heterocycles. The lowest BCUT2D eigenvalue weighted by Gasteiger charge is -2.20. The fourth-order valence-electron chi connectivity index (χ4n) is 3.81. The van der Waals surface area contributed by atoms with Gasteiger partial charge in [0.1, 0.15) is 18.2 Å². The van der Waals surface area contributed by atoms with Crippen LogP contribution in [-0.2, 0) is 4.74 Å². The maximum absolute atomic E-state index is 12.9. The lowest BCUT2D eigenvalue weighted by molar-refractivity contribution is 0.178. The Balaban J connectivity index is 1.63. The Morgan fingerprint density at radius 1 is 1.24 bits per heavy atom. The molecule has 4 rings (SSSR count). The quantitative estimate of drug-likeness (QED) is 0.504. The van der Waals surface area contributed by atoms with Gasteiger partial charge in [0.15, 0.2) is 0 Å². The van der Waals surface area contributed by atoms with Crippen LogP contribution in [-0.4, -0.2) is 44.8 Å². The number of hydrogen-bond acceptors (Lipinski definition) is 8. The molecule has 3 heterocycles. The van der Waals surface area contributed by atoms with E-state index in [0.717, 1.165) is 5.39 Å². The standard InChI is InChI=1S/C23H27ClN6O4/c1-6-15-10-33-23(32)30(15)22-27-13(5)26-21(29-22)25-12(4)16-7-14-8-17(24)19(34-11(2)3)9-18(14)28-20(16)31/h7-9,11-12,15H,6,10H2,1-5H3,(H,28,31)(H,25,26,27,29)/t12-,15?/m1/s1. The third-order valence-electron chi connectivity index (χ3n) is 5.48. The zero-order valence-corrected chi connectivity index (χ0v) is 20.4. The number of benzene rings is 1. The van der Waals surface area contributed by atoms with E-state index in [9.17, 15) is 9.59 Å². The molecule has 2 aromatic heterocycles. The first-order valence-corrected chi connectivity index (χ1v) is 11.5. The van der Waals surface area contributed by atoms with Gasteiger partial charge in [-0.05, 0) is 46.2 Å². The van der Waals surface area contributed by atoms with Gasteiger partial charge < -0.3 is 19.8 Å². The van der Waals surface area contributed by atoms with E-state index in [2.05, 4.69) is 25.3 Å². The second-order valence-corrected chi connectivity index (χ2v) is 8.88. The molecule has 1 fully saturated rings. The van der Waals surface area contributed by atoms with Gasteiger partial charge in [-0.1, -0.05) is 18.5 Å². The number of nitrogens with one attached hydrogen (secondary N) is 2. The lowest BCUT2D eigenvalue weighted by Crippen LogP contribution is -2.35. The monoisotopic (exact) mass is 486 g/mol. The predicted octanol–water partition coefficient (Wildman–Crippen LogP) is 4.37. The maximum Gasteiger partial charge on any atom is 0.417 e. The van der Waals surface area contributed by atoms with Crippen molar-refractivity contribution in [1.82, 2.24) is 19.9 Å². The van der Waals surface area contributed by atoms with E-state index >= 15 is 0 Å². The molecule has 2 N–H and O–H groups in total. The fourth-order valence-corrected chi connectivity index (χ4v) is 4.02. The molecule has 0 radical (unpaired) electrons. The SMILES string of the molecule is CCC1COC(=O)N1c1nc(C)nc(N[C@H](C)c2cc3cc(Cl)c(OC(C)C)cc3[nH]c2=O)n1. The Labute approximate surface area is 201 Å². The largest absolute Gasteiger partial charge is 0.489 e. The van der Waals surface area contributed by atoms with Crippen LogP contribution < -0.4 is 20.5 Å². The summed E-state index contributed by atoms with van der Waals surface area (Å²) in [7, 11) is 0. The van der Waals surface area contributed by atoms with Crippen LogP contribution in [0.2, 0.25) is 5.02 Å². The normalized spacial score (nSPS) is 16.7. The van der Waals surface area contributed by atoms with Gasteiger partial charge in [-0.2, -0.15) is 15.0 Å². The summed E-state index contributed by atoms with van der Waals surface area (Å²) in [6.45, 7) is 9.60. The number of pyridine rings is 1. The van der Waals surface area contributed by atoms with Crippen LogP contribution in [0.15, 0.2) is 23.0 Å². The molecule has 1 aliphatic rings. The summed E-state index contributed by atoms with van der Waals surface area (Å²) >= 11 is 6.38. The first kappa shape index (κ1) is 23.7. The molecule has 11 heteroatoms. The summed E-state index contributed by atoms with van der Waals surface area (Å²) in [5, 5.41) is 4.37. The number of aryl methyl sites for hydroxylation is 1. The van der Waals surface area contributed by atoms with Crippen molar-refractivity contribution in [3.05, 3.63) is 45.0 Å². The highest BCUT2D eigenvalue weighted by Crippen LogP contribution is 2.31. The van der Waals surface area contributed by atoms with E-state index in [0.29, 0.717) is 34.1 Å². The van der Waals surface area contributed by atoms with Crippen LogP contribution in [0.3, 0.4) is 0 Å². The van der Waals surface area contributed by atoms with Crippen LogP contribution in [0.5, 0.6) is 5.75 Å². The van der Waals surface area contributed by atoms with E-state index in [4.69, 9.17) is 21.1 Å². The minimum Gasteiger partial charge on any atom is -0.489 e. The molecular weight excluding hydrogens is 460 g/mol. The average Bonchev–Trinajstić information content (AvgIpc) is 3.14. The Morgan fingerprint density at radius 3 is 2.71 bits per heavy atom. The van der Waals surface area contributed by atoms with E-state index in [1.54, 1.807) is 25.1 Å². The summed E-state index contributed by atoms with van der Waals surface area (Å²) in [5.74, 6) is 1.42. The van der Waals surface area contributed by atoms with Gasteiger partial charge in [0.05, 0.1) is 28.7 Å². The molecule has 10 nitrogen and oxygen atoms in total. The number of anilines is 2. The smallest absolute Gasteiger partial charge is 0.417 e. The summed E-state index contributed by atoms with van der Waals surface area (Å²) in [6.07, 6.45) is 0.170. The zero-order valence-electron chi connectivity index (χ0n) is 19.7. The number of aromatic amines is 1. The predicted molar refractivity (Wildman–Crippen MR) is 130 cm³/mol. The van der Waals surface area contributed by atoms with Crippen molar-refractivity contribution < 1.29 is 14.3 Å². The number of aromatic nitrogens is 4. The number of H-pyrrole nitrogens is 1. The van der Waals surface area contributed by atoms with Crippen molar-refractivity contribution in [2.24, 2.45) is 0 Å². The Bertz CT molecular complexity index is 1290. The van der Waals surface area contributed by atoms with Crippen LogP contribution >= 0.6 is 11.6 Å². The average molecular weight is 487 g/mol. The Hall–Kier alpha value is -3.40. The molecule has 1 amide bonds. The van der Waals surface area contributed by atoms with Crippen LogP contribution in [0.25, 0.3) is 10.9 Å². The van der Waals surface area contributed by atoms with Crippen molar-refractivity contribution >= 4 is 40.5 Å². The third kappa shape index (κ3) is 4.77. The molecule has 3 aromatic rings. The minimum absolute atomic E-state index is 0.0473. The Kier molecular flexibility index (Phi) is 6.60. The number of cyclic esters (lactones) is 1. The van der Waals surface area contributed by atoms with Crippen LogP contribution in [0.4, 0.5) is 16.7 Å². The highest BCUT2D eigenvalue weighted by atomic mass is 35.5. The van der Waals surface area contributed by atoms with Crippen molar-refractivity contribution in [3.63, 3.8) is 0 Å². The van der Waals surface area contributed by atoms with Crippen molar-refractivity contribution in [1.29, 1.82) is 0 Å². The molecule has 0 saturated carbocycles. The lowest BCUT2D eigenvalue weighted by atomic mass is 10.1. The number of hydrogen-bond donors (Lipinski definition) is 2. The van der Waals surface area contributed by atoms with E-state index < -0.39 is 12.1 Å². The van der Waals surface area contributed by atoms with Gasteiger partial charge in [0, 0.05) is 17.0 Å². The molecule has 180 valence electrons. The number of halogens is 1. The summed E-state index contributed by atoms with van der Waals surface area (Å²) in [5.41, 5.74) is 0.843. The van der Waals surface area contributed by atoms with Crippen molar-refractivity contribution in [2.45, 2.75) is 59.2 Å². The number of ether oxygens (including phenoxy) is 2. The highest BCUT2D eigenvalue weighted by Gasteiger charge is 2.35. The van der Waals surface area contributed by atoms with E-state index in [1.165, 1.54) is 4.90 Å². The van der Waals surface area contributed by atoms with Crippen molar-refractivity contribution in [3.8, 4) is 5.75 Å². The molecule has 0 aliphatic carbocycles. The molecule has 1 unspecified atom stereocenters. The molecule has 0 spiro atoms. The number of fused-ring (bicyclic) bond motifs is 1. The highest BCUT2D eigenvalue weighted by molar-refractivity contribution is 6.32. The second-order valence-electron chi connectivity index (χ2n) is 8.47. The molecule has 1 saturated heterocycles. The van der Waals surface area contributed by atoms with E-state index in [-0.39, 0.29) is 36.2 Å². The first-order valence-electron chi connectivity index (χ1n) is 11.1. The van der Waals surface area contributed by atoms with E-state index in [1.807, 2.05) is 27.7 Å². The molecule has 0 bridgehead atoms. The number of carbonyl (C=O) groups is 1. The summed E-state index contributed by atoms with van der Waals surface area (Å²) in [4.78, 5) is 42.5. The number of carbonyl (C=O) groups excluding carboxylic acids is 1. The second kappa shape index (κ2) is 9.46. The molecule has 1 aromatic carbocycles. The number of nitrogens with zero attached hydrogens (tertiary/aromatic N) is 4. The summed E-state index contributed by atoms with van der Waals surface area (Å²) < 4.78 is 10.9. The van der Waals surface area contributed by atoms with Crippen LogP contribution in [0, 0.1) is 6.92 Å². The third-order valence-corrected chi connectivity index (χ3v) is 5.78. The molecular formula is C23H27ClN6O4. The van der Waals surface area contributed by atoms with Crippen molar-refractivity contribution in [2.75, 3.05) is 16.8 Å². The molecule has 34 heavy (non-hydrogen) atoms. The fraction of sp³-hybridized carbons (Fsp3) is 0.435. The minimum atomic E-state index is -0.486. The maximum atomic E-state index is 12.9. The summed E-state index contributed by atoms with van der Waals surface area (Å²) in [6, 6.07) is 4.67. The molecule has 2 atom stereocenters.